The lowest BCUT2D eigenvalue weighted by atomic mass is 9.85. The molecule has 0 saturated heterocycles. The van der Waals surface area contributed by atoms with Gasteiger partial charge in [-0.25, -0.2) is 0 Å². The van der Waals surface area contributed by atoms with E-state index in [4.69, 9.17) is 9.47 Å². The normalized spacial score (nSPS) is 19.7. The molecule has 0 aromatic heterocycles. The molecule has 0 aliphatic carbocycles. The van der Waals surface area contributed by atoms with Crippen LogP contribution in [0.3, 0.4) is 0 Å². The molecule has 0 unspecified atom stereocenters. The van der Waals surface area contributed by atoms with Crippen molar-refractivity contribution in [1.82, 2.24) is 0 Å². The van der Waals surface area contributed by atoms with Crippen molar-refractivity contribution in [3.05, 3.63) is 59.2 Å². The molecule has 2 aromatic carbocycles. The lowest BCUT2D eigenvalue weighted by Crippen LogP contribution is -2.24. The first-order valence-corrected chi connectivity index (χ1v) is 8.64. The van der Waals surface area contributed by atoms with Gasteiger partial charge in [0.2, 0.25) is 0 Å². The minimum absolute atomic E-state index is 0.0254. The van der Waals surface area contributed by atoms with E-state index >= 15 is 0 Å². The van der Waals surface area contributed by atoms with E-state index < -0.39 is 0 Å². The summed E-state index contributed by atoms with van der Waals surface area (Å²) in [6.45, 7) is 14.0. The number of ether oxygens (including phenoxy) is 2. The molecule has 2 atom stereocenters. The Morgan fingerprint density at radius 3 is 2.38 bits per heavy atom. The molecule has 2 aliphatic heterocycles. The summed E-state index contributed by atoms with van der Waals surface area (Å²) < 4.78 is 12.4. The number of aromatic hydroxyl groups is 2. The number of rotatable bonds is 2. The van der Waals surface area contributed by atoms with Crippen molar-refractivity contribution in [3.8, 4) is 23.0 Å². The van der Waals surface area contributed by atoms with E-state index in [2.05, 4.69) is 13.2 Å². The zero-order chi connectivity index (χ0) is 18.7. The van der Waals surface area contributed by atoms with Gasteiger partial charge < -0.3 is 19.7 Å². The molecule has 2 N–H and O–H groups in total. The summed E-state index contributed by atoms with van der Waals surface area (Å²) in [5.74, 6) is 1.70. The first kappa shape index (κ1) is 16.6. The molecule has 0 amide bonds. The fraction of sp³-hybridized carbons (Fsp3) is 0.273. The molecule has 26 heavy (non-hydrogen) atoms. The van der Waals surface area contributed by atoms with Gasteiger partial charge in [-0.05, 0) is 55.7 Å². The van der Waals surface area contributed by atoms with E-state index in [0.29, 0.717) is 29.2 Å². The van der Waals surface area contributed by atoms with Crippen LogP contribution in [0.1, 0.15) is 53.7 Å². The number of fused-ring (bicyclic) bond motifs is 5. The number of aryl methyl sites for hydroxylation is 1. The lowest BCUT2D eigenvalue weighted by molar-refractivity contribution is 0.138. The fourth-order valence-corrected chi connectivity index (χ4v) is 4.00. The third-order valence-electron chi connectivity index (χ3n) is 5.21. The van der Waals surface area contributed by atoms with Gasteiger partial charge in [0.25, 0.3) is 0 Å². The largest absolute Gasteiger partial charge is 0.507 e. The molecular formula is C22H22O4. The molecule has 4 heteroatoms. The Kier molecular flexibility index (Phi) is 3.55. The van der Waals surface area contributed by atoms with Crippen LogP contribution >= 0.6 is 0 Å². The highest BCUT2D eigenvalue weighted by Crippen LogP contribution is 2.56. The van der Waals surface area contributed by atoms with Crippen LogP contribution in [0.4, 0.5) is 0 Å². The molecule has 2 heterocycles. The molecule has 0 saturated carbocycles. The van der Waals surface area contributed by atoms with E-state index in [1.807, 2.05) is 32.9 Å². The predicted molar refractivity (Wildman–Crippen MR) is 102 cm³/mol. The van der Waals surface area contributed by atoms with E-state index in [1.54, 1.807) is 6.07 Å². The van der Waals surface area contributed by atoms with E-state index in [9.17, 15) is 10.2 Å². The first-order valence-electron chi connectivity index (χ1n) is 8.64. The van der Waals surface area contributed by atoms with Gasteiger partial charge in [0.15, 0.2) is 0 Å². The van der Waals surface area contributed by atoms with Crippen LogP contribution in [0.15, 0.2) is 31.4 Å². The van der Waals surface area contributed by atoms with Crippen molar-refractivity contribution >= 4 is 11.1 Å². The summed E-state index contributed by atoms with van der Waals surface area (Å²) in [7, 11) is 0. The van der Waals surface area contributed by atoms with Gasteiger partial charge in [-0.1, -0.05) is 13.2 Å². The quantitative estimate of drug-likeness (QED) is 0.793. The molecule has 0 radical (unpaired) electrons. The van der Waals surface area contributed by atoms with Crippen LogP contribution in [-0.4, -0.2) is 16.8 Å². The zero-order valence-corrected chi connectivity index (χ0v) is 15.2. The van der Waals surface area contributed by atoms with Crippen molar-refractivity contribution in [2.75, 3.05) is 6.61 Å². The minimum atomic E-state index is -0.230. The summed E-state index contributed by atoms with van der Waals surface area (Å²) in [6.07, 6.45) is -0.230. The van der Waals surface area contributed by atoms with Crippen LogP contribution in [0, 0.1) is 6.92 Å². The van der Waals surface area contributed by atoms with Gasteiger partial charge in [-0.2, -0.15) is 0 Å². The smallest absolute Gasteiger partial charge is 0.138 e. The number of phenolic OH excluding ortho intramolecular Hbond substituents is 2. The van der Waals surface area contributed by atoms with Crippen LogP contribution < -0.4 is 9.47 Å². The standard InChI is InChI=1S/C22H22O4/c1-10(2)17-16(23)7-6-13-20-15(9-25-21(13)17)14-8-12(5)19(24)18(11(3)4)22(14)26-20/h6-8,15,20,23-24H,1,3,9H2,2,4-5H3/t15-,20-/m0/s1. The fourth-order valence-electron chi connectivity index (χ4n) is 4.00. The average Bonchev–Trinajstić information content (AvgIpc) is 2.92. The van der Waals surface area contributed by atoms with Gasteiger partial charge in [0, 0.05) is 11.1 Å². The Morgan fingerprint density at radius 2 is 1.73 bits per heavy atom. The number of hydrogen-bond acceptors (Lipinski definition) is 4. The second-order valence-electron chi connectivity index (χ2n) is 7.23. The third-order valence-corrected chi connectivity index (χ3v) is 5.21. The number of benzene rings is 2. The Morgan fingerprint density at radius 1 is 1.04 bits per heavy atom. The highest BCUT2D eigenvalue weighted by atomic mass is 16.5. The van der Waals surface area contributed by atoms with Crippen LogP contribution in [0.25, 0.3) is 11.1 Å². The number of hydrogen-bond donors (Lipinski definition) is 2. The molecule has 4 nitrogen and oxygen atoms in total. The molecule has 0 spiro atoms. The lowest BCUT2D eigenvalue weighted by Gasteiger charge is -2.29. The predicted octanol–water partition coefficient (Wildman–Crippen LogP) is 5.08. The molecule has 2 aliphatic rings. The van der Waals surface area contributed by atoms with Crippen LogP contribution in [0.2, 0.25) is 0 Å². The summed E-state index contributed by atoms with van der Waals surface area (Å²) in [5.41, 5.74) is 5.50. The first-order chi connectivity index (χ1) is 12.3. The van der Waals surface area contributed by atoms with Crippen molar-refractivity contribution in [2.24, 2.45) is 0 Å². The van der Waals surface area contributed by atoms with Gasteiger partial charge >= 0.3 is 0 Å². The summed E-state index contributed by atoms with van der Waals surface area (Å²) in [4.78, 5) is 0. The number of phenols is 2. The van der Waals surface area contributed by atoms with Crippen molar-refractivity contribution < 1.29 is 19.7 Å². The second kappa shape index (κ2) is 5.56. The zero-order valence-electron chi connectivity index (χ0n) is 15.2. The summed E-state index contributed by atoms with van der Waals surface area (Å²) >= 11 is 0. The van der Waals surface area contributed by atoms with E-state index in [1.165, 1.54) is 0 Å². The van der Waals surface area contributed by atoms with Crippen molar-refractivity contribution in [2.45, 2.75) is 32.8 Å². The molecule has 0 bridgehead atoms. The summed E-state index contributed by atoms with van der Waals surface area (Å²) in [6, 6.07) is 5.46. The third kappa shape index (κ3) is 2.15. The van der Waals surface area contributed by atoms with Gasteiger partial charge in [0.1, 0.15) is 29.1 Å². The SMILES string of the molecule is C=C(C)c1c(O)ccc2c1OC[C@H]1c3cc(C)c(O)c(C(=C)C)c3O[C@@H]21. The number of allylic oxidation sites excluding steroid dienone is 2. The monoisotopic (exact) mass is 350 g/mol. The molecular weight excluding hydrogens is 328 g/mol. The topological polar surface area (TPSA) is 58.9 Å². The van der Waals surface area contributed by atoms with E-state index in [0.717, 1.165) is 27.8 Å². The van der Waals surface area contributed by atoms with Gasteiger partial charge in [0.05, 0.1) is 23.7 Å². The van der Waals surface area contributed by atoms with Crippen molar-refractivity contribution in [3.63, 3.8) is 0 Å². The van der Waals surface area contributed by atoms with Crippen LogP contribution in [0.5, 0.6) is 23.0 Å². The summed E-state index contributed by atoms with van der Waals surface area (Å²) in [5, 5.41) is 20.7. The van der Waals surface area contributed by atoms with Gasteiger partial charge in [-0.15, -0.1) is 0 Å². The minimum Gasteiger partial charge on any atom is -0.507 e. The Hall–Kier alpha value is -2.88. The second-order valence-corrected chi connectivity index (χ2v) is 7.23. The Balaban J connectivity index is 1.90. The van der Waals surface area contributed by atoms with E-state index in [-0.39, 0.29) is 23.5 Å². The highest BCUT2D eigenvalue weighted by molar-refractivity contribution is 5.78. The molecule has 2 aromatic rings. The Labute approximate surface area is 153 Å². The molecule has 4 rings (SSSR count). The maximum atomic E-state index is 10.5. The maximum absolute atomic E-state index is 10.5. The molecule has 134 valence electrons. The van der Waals surface area contributed by atoms with Crippen molar-refractivity contribution in [1.29, 1.82) is 0 Å². The average molecular weight is 350 g/mol. The highest BCUT2D eigenvalue weighted by Gasteiger charge is 2.43. The molecule has 0 fully saturated rings. The maximum Gasteiger partial charge on any atom is 0.138 e. The van der Waals surface area contributed by atoms with Gasteiger partial charge in [-0.3, -0.25) is 0 Å². The Bertz CT molecular complexity index is 971. The van der Waals surface area contributed by atoms with Crippen LogP contribution in [-0.2, 0) is 0 Å².